The first-order valence-electron chi connectivity index (χ1n) is 9.22. The first-order chi connectivity index (χ1) is 12.0. The van der Waals surface area contributed by atoms with Crippen molar-refractivity contribution in [2.45, 2.75) is 39.3 Å². The second kappa shape index (κ2) is 7.56. The molecule has 1 aromatic rings. The van der Waals surface area contributed by atoms with Crippen LogP contribution in [0.2, 0.25) is 0 Å². The minimum Gasteiger partial charge on any atom is -0.341 e. The van der Waals surface area contributed by atoms with E-state index in [0.717, 1.165) is 45.0 Å². The second-order valence-electron chi connectivity index (χ2n) is 7.45. The molecule has 2 amide bonds. The van der Waals surface area contributed by atoms with Crippen LogP contribution in [0, 0.1) is 5.92 Å². The fourth-order valence-electron chi connectivity index (χ4n) is 3.75. The molecule has 0 saturated carbocycles. The third-order valence-corrected chi connectivity index (χ3v) is 5.32. The van der Waals surface area contributed by atoms with Crippen LogP contribution in [0.1, 0.15) is 32.5 Å². The van der Waals surface area contributed by atoms with Gasteiger partial charge in [0.2, 0.25) is 11.8 Å². The number of amides is 2. The Morgan fingerprint density at radius 2 is 2.08 bits per heavy atom. The number of aryl methyl sites for hydroxylation is 1. The van der Waals surface area contributed by atoms with Crippen LogP contribution >= 0.6 is 0 Å². The van der Waals surface area contributed by atoms with Crippen molar-refractivity contribution in [2.75, 3.05) is 32.7 Å². The molecule has 138 valence electrons. The van der Waals surface area contributed by atoms with E-state index in [-0.39, 0.29) is 23.8 Å². The van der Waals surface area contributed by atoms with Crippen molar-refractivity contribution in [1.82, 2.24) is 24.3 Å². The van der Waals surface area contributed by atoms with E-state index in [4.69, 9.17) is 0 Å². The molecule has 1 atom stereocenters. The lowest BCUT2D eigenvalue weighted by molar-refractivity contribution is -0.135. The van der Waals surface area contributed by atoms with Crippen LogP contribution in [0.3, 0.4) is 0 Å². The SMILES string of the molecule is CC(C)N1CC(C(=O)N2CCCN(Cc3nccn3C)CC2)CC1=O. The normalized spacial score (nSPS) is 22.7. The predicted octanol–water partition coefficient (Wildman–Crippen LogP) is 0.711. The maximum atomic E-state index is 12.9. The van der Waals surface area contributed by atoms with Gasteiger partial charge in [0.05, 0.1) is 12.5 Å². The van der Waals surface area contributed by atoms with Gasteiger partial charge in [0.1, 0.15) is 5.82 Å². The summed E-state index contributed by atoms with van der Waals surface area (Å²) in [4.78, 5) is 35.5. The Labute approximate surface area is 149 Å². The zero-order valence-electron chi connectivity index (χ0n) is 15.5. The van der Waals surface area contributed by atoms with Crippen molar-refractivity contribution in [1.29, 1.82) is 0 Å². The second-order valence-corrected chi connectivity index (χ2v) is 7.45. The Morgan fingerprint density at radius 3 is 2.72 bits per heavy atom. The quantitative estimate of drug-likeness (QED) is 0.805. The highest BCUT2D eigenvalue weighted by molar-refractivity contribution is 5.89. The molecule has 2 aliphatic rings. The molecule has 7 heteroatoms. The summed E-state index contributed by atoms with van der Waals surface area (Å²) in [6.07, 6.45) is 5.11. The van der Waals surface area contributed by atoms with Gasteiger partial charge in [0.25, 0.3) is 0 Å². The van der Waals surface area contributed by atoms with E-state index >= 15 is 0 Å². The maximum absolute atomic E-state index is 12.9. The Balaban J connectivity index is 1.55. The van der Waals surface area contributed by atoms with E-state index in [2.05, 4.69) is 9.88 Å². The number of carbonyl (C=O) groups is 2. The van der Waals surface area contributed by atoms with E-state index in [0.29, 0.717) is 13.0 Å². The highest BCUT2D eigenvalue weighted by Crippen LogP contribution is 2.23. The summed E-state index contributed by atoms with van der Waals surface area (Å²) in [6.45, 7) is 8.74. The maximum Gasteiger partial charge on any atom is 0.228 e. The molecule has 2 fully saturated rings. The minimum absolute atomic E-state index is 0.111. The van der Waals surface area contributed by atoms with E-state index in [1.54, 1.807) is 0 Å². The molecule has 3 heterocycles. The molecule has 0 bridgehead atoms. The van der Waals surface area contributed by atoms with Crippen LogP contribution in [0.25, 0.3) is 0 Å². The van der Waals surface area contributed by atoms with E-state index in [1.165, 1.54) is 0 Å². The topological polar surface area (TPSA) is 61.7 Å². The van der Waals surface area contributed by atoms with Gasteiger partial charge >= 0.3 is 0 Å². The van der Waals surface area contributed by atoms with Gasteiger partial charge in [-0.05, 0) is 20.3 Å². The lowest BCUT2D eigenvalue weighted by Gasteiger charge is -2.25. The van der Waals surface area contributed by atoms with Crippen molar-refractivity contribution in [3.05, 3.63) is 18.2 Å². The third-order valence-electron chi connectivity index (χ3n) is 5.32. The summed E-state index contributed by atoms with van der Waals surface area (Å²) in [6, 6.07) is 0.169. The summed E-state index contributed by atoms with van der Waals surface area (Å²) in [7, 11) is 2.01. The number of rotatable bonds is 4. The number of nitrogens with zero attached hydrogens (tertiary/aromatic N) is 5. The average molecular weight is 347 g/mol. The summed E-state index contributed by atoms with van der Waals surface area (Å²) < 4.78 is 2.04. The van der Waals surface area contributed by atoms with Crippen molar-refractivity contribution < 1.29 is 9.59 Å². The number of likely N-dealkylation sites (tertiary alicyclic amines) is 1. The van der Waals surface area contributed by atoms with Crippen LogP contribution < -0.4 is 0 Å². The fraction of sp³-hybridized carbons (Fsp3) is 0.722. The van der Waals surface area contributed by atoms with Crippen LogP contribution in [-0.2, 0) is 23.2 Å². The molecule has 1 aromatic heterocycles. The number of imidazole rings is 1. The van der Waals surface area contributed by atoms with Crippen molar-refractivity contribution >= 4 is 11.8 Å². The van der Waals surface area contributed by atoms with Gasteiger partial charge in [-0.2, -0.15) is 0 Å². The zero-order valence-corrected chi connectivity index (χ0v) is 15.5. The molecule has 0 aromatic carbocycles. The fourth-order valence-corrected chi connectivity index (χ4v) is 3.75. The van der Waals surface area contributed by atoms with Crippen molar-refractivity contribution in [3.8, 4) is 0 Å². The Kier molecular flexibility index (Phi) is 5.42. The van der Waals surface area contributed by atoms with Crippen LogP contribution in [0.15, 0.2) is 12.4 Å². The smallest absolute Gasteiger partial charge is 0.228 e. The third kappa shape index (κ3) is 4.03. The molecule has 0 spiro atoms. The van der Waals surface area contributed by atoms with Gasteiger partial charge in [-0.25, -0.2) is 4.98 Å². The Morgan fingerprint density at radius 1 is 1.28 bits per heavy atom. The van der Waals surface area contributed by atoms with Crippen LogP contribution in [-0.4, -0.2) is 74.8 Å². The number of carbonyl (C=O) groups excluding carboxylic acids is 2. The molecule has 7 nitrogen and oxygen atoms in total. The molecule has 2 saturated heterocycles. The first kappa shape index (κ1) is 17.9. The van der Waals surface area contributed by atoms with Crippen LogP contribution in [0.5, 0.6) is 0 Å². The molecule has 3 rings (SSSR count). The van der Waals surface area contributed by atoms with Gasteiger partial charge in [-0.3, -0.25) is 14.5 Å². The molecule has 0 aliphatic carbocycles. The van der Waals surface area contributed by atoms with Gasteiger partial charge < -0.3 is 14.4 Å². The highest BCUT2D eigenvalue weighted by Gasteiger charge is 2.37. The van der Waals surface area contributed by atoms with E-state index in [9.17, 15) is 9.59 Å². The average Bonchev–Trinajstić information content (AvgIpc) is 3.06. The van der Waals surface area contributed by atoms with E-state index < -0.39 is 0 Å². The summed E-state index contributed by atoms with van der Waals surface area (Å²) in [5.74, 6) is 1.14. The molecular weight excluding hydrogens is 318 g/mol. The molecular formula is C18H29N5O2. The minimum atomic E-state index is -0.170. The summed E-state index contributed by atoms with van der Waals surface area (Å²) in [5.41, 5.74) is 0. The predicted molar refractivity (Wildman–Crippen MR) is 94.6 cm³/mol. The van der Waals surface area contributed by atoms with Gasteiger partial charge in [-0.1, -0.05) is 0 Å². The van der Waals surface area contributed by atoms with Crippen molar-refractivity contribution in [3.63, 3.8) is 0 Å². The lowest BCUT2D eigenvalue weighted by atomic mass is 10.1. The van der Waals surface area contributed by atoms with Crippen LogP contribution in [0.4, 0.5) is 0 Å². The Bertz CT molecular complexity index is 627. The molecule has 0 N–H and O–H groups in total. The molecule has 2 aliphatic heterocycles. The first-order valence-corrected chi connectivity index (χ1v) is 9.22. The summed E-state index contributed by atoms with van der Waals surface area (Å²) in [5, 5.41) is 0. The van der Waals surface area contributed by atoms with Gasteiger partial charge in [0, 0.05) is 64.6 Å². The van der Waals surface area contributed by atoms with Gasteiger partial charge in [-0.15, -0.1) is 0 Å². The highest BCUT2D eigenvalue weighted by atomic mass is 16.2. The molecule has 1 unspecified atom stereocenters. The van der Waals surface area contributed by atoms with Gasteiger partial charge in [0.15, 0.2) is 0 Å². The summed E-state index contributed by atoms with van der Waals surface area (Å²) >= 11 is 0. The van der Waals surface area contributed by atoms with Crippen molar-refractivity contribution in [2.24, 2.45) is 13.0 Å². The lowest BCUT2D eigenvalue weighted by Crippen LogP contribution is -2.40. The molecule has 25 heavy (non-hydrogen) atoms. The number of hydrogen-bond acceptors (Lipinski definition) is 4. The Hall–Kier alpha value is -1.89. The number of hydrogen-bond donors (Lipinski definition) is 0. The standard InChI is InChI=1S/C18H29N5O2/c1-14(2)23-12-15(11-17(23)24)18(25)22-7-4-6-21(9-10-22)13-16-19-5-8-20(16)3/h5,8,14-15H,4,6-7,9-13H2,1-3H3. The largest absolute Gasteiger partial charge is 0.341 e. The monoisotopic (exact) mass is 347 g/mol. The number of aromatic nitrogens is 2. The van der Waals surface area contributed by atoms with E-state index in [1.807, 2.05) is 47.7 Å². The zero-order chi connectivity index (χ0) is 18.0. The molecule has 0 radical (unpaired) electrons.